The number of hydrogen-bond donors (Lipinski definition) is 1. The molecule has 0 aromatic heterocycles. The first-order valence-corrected chi connectivity index (χ1v) is 7.54. The summed E-state index contributed by atoms with van der Waals surface area (Å²) in [5.41, 5.74) is -0.466. The summed E-state index contributed by atoms with van der Waals surface area (Å²) in [7, 11) is 3.37. The Morgan fingerprint density at radius 1 is 1.32 bits per heavy atom. The molecule has 0 bridgehead atoms. The van der Waals surface area contributed by atoms with E-state index >= 15 is 0 Å². The number of hydrogen-bond acceptors (Lipinski definition) is 4. The average molecular weight is 268 g/mol. The first-order chi connectivity index (χ1) is 9.02. The average Bonchev–Trinajstić information content (AvgIpc) is 2.78. The fourth-order valence-corrected chi connectivity index (χ4v) is 3.74. The van der Waals surface area contributed by atoms with Crippen molar-refractivity contribution in [3.63, 3.8) is 0 Å². The molecular weight excluding hydrogens is 240 g/mol. The van der Waals surface area contributed by atoms with Crippen molar-refractivity contribution in [2.75, 3.05) is 27.2 Å². The van der Waals surface area contributed by atoms with E-state index in [9.17, 15) is 4.79 Å². The summed E-state index contributed by atoms with van der Waals surface area (Å²) in [6.07, 6.45) is 4.08. The van der Waals surface area contributed by atoms with Crippen molar-refractivity contribution in [1.82, 2.24) is 10.2 Å². The molecule has 2 fully saturated rings. The van der Waals surface area contributed by atoms with Crippen molar-refractivity contribution in [2.45, 2.75) is 51.1 Å². The molecule has 2 rings (SSSR count). The van der Waals surface area contributed by atoms with Gasteiger partial charge in [0, 0.05) is 19.1 Å². The second-order valence-electron chi connectivity index (χ2n) is 6.48. The maximum atomic E-state index is 12.1. The van der Waals surface area contributed by atoms with Crippen LogP contribution in [0.4, 0.5) is 0 Å². The highest BCUT2D eigenvalue weighted by molar-refractivity contribution is 5.81. The fourth-order valence-electron chi connectivity index (χ4n) is 3.74. The number of likely N-dealkylation sites (N-methyl/N-ethyl adjacent to an activating group) is 1. The third-order valence-electron chi connectivity index (χ3n) is 5.31. The number of esters is 1. The van der Waals surface area contributed by atoms with Gasteiger partial charge in [-0.25, -0.2) is 0 Å². The molecule has 4 atom stereocenters. The minimum atomic E-state index is -0.466. The number of rotatable bonds is 3. The summed E-state index contributed by atoms with van der Waals surface area (Å²) in [4.78, 5) is 14.7. The molecule has 0 aromatic carbocycles. The predicted octanol–water partition coefficient (Wildman–Crippen LogP) is 1.65. The van der Waals surface area contributed by atoms with Crippen LogP contribution in [0.25, 0.3) is 0 Å². The molecule has 0 radical (unpaired) electrons. The van der Waals surface area contributed by atoms with Gasteiger partial charge < -0.3 is 10.1 Å². The minimum Gasteiger partial charge on any atom is -0.468 e. The van der Waals surface area contributed by atoms with Gasteiger partial charge in [-0.05, 0) is 44.6 Å². The van der Waals surface area contributed by atoms with Crippen LogP contribution in [0.3, 0.4) is 0 Å². The molecule has 0 spiro atoms. The Labute approximate surface area is 116 Å². The zero-order chi connectivity index (χ0) is 14.0. The zero-order valence-corrected chi connectivity index (χ0v) is 12.7. The molecule has 1 aliphatic heterocycles. The topological polar surface area (TPSA) is 41.6 Å². The van der Waals surface area contributed by atoms with Gasteiger partial charge in [0.1, 0.15) is 5.54 Å². The second-order valence-corrected chi connectivity index (χ2v) is 6.48. The molecule has 110 valence electrons. The van der Waals surface area contributed by atoms with Crippen LogP contribution < -0.4 is 5.32 Å². The van der Waals surface area contributed by atoms with Crippen molar-refractivity contribution >= 4 is 5.97 Å². The Balaban J connectivity index is 2.06. The summed E-state index contributed by atoms with van der Waals surface area (Å²) < 4.78 is 5.02. The molecule has 4 nitrogen and oxygen atoms in total. The van der Waals surface area contributed by atoms with Crippen LogP contribution in [-0.2, 0) is 9.53 Å². The quantitative estimate of drug-likeness (QED) is 0.790. The van der Waals surface area contributed by atoms with E-state index in [0.717, 1.165) is 31.1 Å². The van der Waals surface area contributed by atoms with Crippen molar-refractivity contribution < 1.29 is 9.53 Å². The van der Waals surface area contributed by atoms with E-state index in [0.29, 0.717) is 6.04 Å². The summed E-state index contributed by atoms with van der Waals surface area (Å²) in [6, 6.07) is 0.521. The summed E-state index contributed by atoms with van der Waals surface area (Å²) in [5, 5.41) is 3.24. The largest absolute Gasteiger partial charge is 0.468 e. The van der Waals surface area contributed by atoms with E-state index in [1.165, 1.54) is 26.6 Å². The van der Waals surface area contributed by atoms with E-state index in [1.807, 2.05) is 7.05 Å². The number of nitrogens with one attached hydrogen (secondary N) is 1. The van der Waals surface area contributed by atoms with Gasteiger partial charge in [0.25, 0.3) is 0 Å². The highest BCUT2D eigenvalue weighted by Crippen LogP contribution is 2.35. The normalized spacial score (nSPS) is 40.3. The molecule has 1 saturated carbocycles. The highest BCUT2D eigenvalue weighted by Gasteiger charge is 2.45. The lowest BCUT2D eigenvalue weighted by molar-refractivity contribution is -0.151. The Hall–Kier alpha value is -0.610. The summed E-state index contributed by atoms with van der Waals surface area (Å²) >= 11 is 0. The van der Waals surface area contributed by atoms with Crippen molar-refractivity contribution in [1.29, 1.82) is 0 Å². The molecule has 2 aliphatic rings. The Morgan fingerprint density at radius 2 is 1.95 bits per heavy atom. The van der Waals surface area contributed by atoms with Crippen molar-refractivity contribution in [3.05, 3.63) is 0 Å². The Bertz CT molecular complexity index is 324. The Morgan fingerprint density at radius 3 is 2.47 bits per heavy atom. The van der Waals surface area contributed by atoms with Crippen LogP contribution in [-0.4, -0.2) is 49.7 Å². The monoisotopic (exact) mass is 268 g/mol. The molecule has 1 heterocycles. The molecule has 0 amide bonds. The molecule has 1 saturated heterocycles. The van der Waals surface area contributed by atoms with Gasteiger partial charge in [0.2, 0.25) is 0 Å². The van der Waals surface area contributed by atoms with E-state index in [1.54, 1.807) is 0 Å². The minimum absolute atomic E-state index is 0.0972. The number of ether oxygens (including phenoxy) is 1. The molecule has 0 aromatic rings. The maximum absolute atomic E-state index is 12.1. The van der Waals surface area contributed by atoms with E-state index in [4.69, 9.17) is 4.74 Å². The predicted molar refractivity (Wildman–Crippen MR) is 76.0 cm³/mol. The van der Waals surface area contributed by atoms with E-state index in [2.05, 4.69) is 24.1 Å². The lowest BCUT2D eigenvalue weighted by atomic mass is 9.78. The lowest BCUT2D eigenvalue weighted by Crippen LogP contribution is -2.57. The molecule has 1 aliphatic carbocycles. The lowest BCUT2D eigenvalue weighted by Gasteiger charge is -2.41. The molecule has 4 heteroatoms. The third kappa shape index (κ3) is 2.79. The highest BCUT2D eigenvalue weighted by atomic mass is 16.5. The summed E-state index contributed by atoms with van der Waals surface area (Å²) in [5.74, 6) is 1.44. The van der Waals surface area contributed by atoms with Crippen LogP contribution in [0.5, 0.6) is 0 Å². The van der Waals surface area contributed by atoms with Crippen LogP contribution >= 0.6 is 0 Å². The zero-order valence-electron chi connectivity index (χ0n) is 12.7. The molecule has 19 heavy (non-hydrogen) atoms. The molecular formula is C15H28N2O2. The fraction of sp³-hybridized carbons (Fsp3) is 0.933. The number of carbonyl (C=O) groups is 1. The Kier molecular flexibility index (Phi) is 4.51. The third-order valence-corrected chi connectivity index (χ3v) is 5.31. The van der Waals surface area contributed by atoms with Crippen molar-refractivity contribution in [2.24, 2.45) is 11.8 Å². The number of likely N-dealkylation sites (tertiary alicyclic amines) is 1. The number of methoxy groups -OCH3 is 1. The molecule has 4 unspecified atom stereocenters. The first kappa shape index (κ1) is 14.8. The van der Waals surface area contributed by atoms with Gasteiger partial charge in [-0.3, -0.25) is 9.69 Å². The van der Waals surface area contributed by atoms with Gasteiger partial charge in [0.05, 0.1) is 7.11 Å². The summed E-state index contributed by atoms with van der Waals surface area (Å²) in [6.45, 7) is 7.01. The van der Waals surface area contributed by atoms with Crippen LogP contribution in [0.2, 0.25) is 0 Å². The van der Waals surface area contributed by atoms with E-state index < -0.39 is 5.54 Å². The smallest absolute Gasteiger partial charge is 0.326 e. The van der Waals surface area contributed by atoms with E-state index in [-0.39, 0.29) is 5.97 Å². The number of carbonyl (C=O) groups excluding carboxylic acids is 1. The first-order valence-electron chi connectivity index (χ1n) is 7.54. The SMILES string of the molecule is CNC1(C(=O)OC)CCCC(N2CC(C)C(C)C2)C1. The van der Waals surface area contributed by atoms with Gasteiger partial charge >= 0.3 is 5.97 Å². The number of nitrogens with zero attached hydrogens (tertiary/aromatic N) is 1. The maximum Gasteiger partial charge on any atom is 0.326 e. The van der Waals surface area contributed by atoms with Gasteiger partial charge in [0.15, 0.2) is 0 Å². The second kappa shape index (κ2) is 5.80. The molecule has 1 N–H and O–H groups in total. The van der Waals surface area contributed by atoms with Crippen LogP contribution in [0.15, 0.2) is 0 Å². The van der Waals surface area contributed by atoms with Gasteiger partial charge in [-0.15, -0.1) is 0 Å². The van der Waals surface area contributed by atoms with Gasteiger partial charge in [-0.2, -0.15) is 0 Å². The van der Waals surface area contributed by atoms with Crippen molar-refractivity contribution in [3.8, 4) is 0 Å². The van der Waals surface area contributed by atoms with Gasteiger partial charge in [-0.1, -0.05) is 13.8 Å². The van der Waals surface area contributed by atoms with Crippen LogP contribution in [0, 0.1) is 11.8 Å². The van der Waals surface area contributed by atoms with Crippen LogP contribution in [0.1, 0.15) is 39.5 Å². The standard InChI is InChI=1S/C15H28N2O2/c1-11-9-17(10-12(11)2)13-6-5-7-15(8-13,16-3)14(18)19-4/h11-13,16H,5-10H2,1-4H3.